The molecule has 0 aromatic heterocycles. The van der Waals surface area contributed by atoms with Gasteiger partial charge in [-0.3, -0.25) is 4.79 Å². The lowest BCUT2D eigenvalue weighted by molar-refractivity contribution is -0.137. The second-order valence-electron chi connectivity index (χ2n) is 5.10. The lowest BCUT2D eigenvalue weighted by Gasteiger charge is -2.19. The molecular formula is C15H24N2O3. The number of carboxylic acid groups (broad SMARTS) is 1. The fourth-order valence-electron chi connectivity index (χ4n) is 1.97. The Kier molecular flexibility index (Phi) is 7.04. The molecule has 0 aliphatic rings. The molecule has 0 saturated heterocycles. The Hall–Kier alpha value is -1.59. The molecule has 112 valence electrons. The normalized spacial score (nSPS) is 12.4. The van der Waals surface area contributed by atoms with Gasteiger partial charge in [0.05, 0.1) is 13.5 Å². The van der Waals surface area contributed by atoms with Crippen molar-refractivity contribution in [3.05, 3.63) is 29.8 Å². The number of hydrogen-bond donors (Lipinski definition) is 2. The Balaban J connectivity index is 2.55. The summed E-state index contributed by atoms with van der Waals surface area (Å²) in [5.74, 6) is 0.0324. The van der Waals surface area contributed by atoms with Crippen LogP contribution in [0.4, 0.5) is 0 Å². The van der Waals surface area contributed by atoms with Crippen LogP contribution in [0.3, 0.4) is 0 Å². The first kappa shape index (κ1) is 16.5. The number of aliphatic carboxylic acids is 1. The number of methoxy groups -OCH3 is 1. The van der Waals surface area contributed by atoms with Crippen LogP contribution in [0.2, 0.25) is 0 Å². The number of nitrogens with one attached hydrogen (secondary N) is 1. The molecular weight excluding hydrogens is 256 g/mol. The summed E-state index contributed by atoms with van der Waals surface area (Å²) in [5.41, 5.74) is 1.11. The van der Waals surface area contributed by atoms with E-state index in [4.69, 9.17) is 9.84 Å². The van der Waals surface area contributed by atoms with E-state index in [1.165, 1.54) is 0 Å². The van der Waals surface area contributed by atoms with Crippen LogP contribution in [0.1, 0.15) is 12.0 Å². The highest BCUT2D eigenvalue weighted by Gasteiger charge is 2.13. The Bertz CT molecular complexity index is 404. The summed E-state index contributed by atoms with van der Waals surface area (Å²) in [6.45, 7) is 1.67. The first-order valence-electron chi connectivity index (χ1n) is 6.74. The first-order valence-corrected chi connectivity index (χ1v) is 6.74. The van der Waals surface area contributed by atoms with Crippen molar-refractivity contribution in [2.45, 2.75) is 18.9 Å². The van der Waals surface area contributed by atoms with Crippen LogP contribution < -0.4 is 10.1 Å². The predicted molar refractivity (Wildman–Crippen MR) is 79.3 cm³/mol. The number of likely N-dealkylation sites (N-methyl/N-ethyl adjacent to an activating group) is 1. The lowest BCUT2D eigenvalue weighted by atomic mass is 10.0. The third kappa shape index (κ3) is 6.54. The van der Waals surface area contributed by atoms with E-state index < -0.39 is 5.97 Å². The SMILES string of the molecule is COc1ccc(CC(CC(=O)O)NCCN(C)C)cc1. The van der Waals surface area contributed by atoms with Crippen molar-refractivity contribution in [3.8, 4) is 5.75 Å². The second kappa shape index (κ2) is 8.55. The van der Waals surface area contributed by atoms with Gasteiger partial charge in [0.15, 0.2) is 0 Å². The highest BCUT2D eigenvalue weighted by atomic mass is 16.5. The Morgan fingerprint density at radius 1 is 1.35 bits per heavy atom. The topological polar surface area (TPSA) is 61.8 Å². The van der Waals surface area contributed by atoms with E-state index in [1.54, 1.807) is 7.11 Å². The zero-order valence-electron chi connectivity index (χ0n) is 12.4. The van der Waals surface area contributed by atoms with Gasteiger partial charge in [-0.2, -0.15) is 0 Å². The molecule has 1 aromatic rings. The molecule has 5 nitrogen and oxygen atoms in total. The minimum atomic E-state index is -0.777. The molecule has 20 heavy (non-hydrogen) atoms. The van der Waals surface area contributed by atoms with Gasteiger partial charge in [-0.1, -0.05) is 12.1 Å². The van der Waals surface area contributed by atoms with Crippen LogP contribution in [0, 0.1) is 0 Å². The molecule has 0 aliphatic carbocycles. The van der Waals surface area contributed by atoms with Gasteiger partial charge in [-0.15, -0.1) is 0 Å². The summed E-state index contributed by atoms with van der Waals surface area (Å²) in [6, 6.07) is 7.68. The average Bonchev–Trinajstić information content (AvgIpc) is 2.38. The maximum Gasteiger partial charge on any atom is 0.304 e. The maximum absolute atomic E-state index is 10.9. The number of carboxylic acids is 1. The summed E-state index contributed by atoms with van der Waals surface area (Å²) in [5, 5.41) is 12.3. The van der Waals surface area contributed by atoms with Crippen molar-refractivity contribution >= 4 is 5.97 Å². The molecule has 2 N–H and O–H groups in total. The molecule has 0 aliphatic heterocycles. The first-order chi connectivity index (χ1) is 9.51. The Morgan fingerprint density at radius 2 is 2.00 bits per heavy atom. The fraction of sp³-hybridized carbons (Fsp3) is 0.533. The molecule has 0 radical (unpaired) electrons. The second-order valence-corrected chi connectivity index (χ2v) is 5.10. The largest absolute Gasteiger partial charge is 0.497 e. The van der Waals surface area contributed by atoms with Gasteiger partial charge in [-0.05, 0) is 38.2 Å². The standard InChI is InChI=1S/C15H24N2O3/c1-17(2)9-8-16-13(11-15(18)19)10-12-4-6-14(20-3)7-5-12/h4-7,13,16H,8-11H2,1-3H3,(H,18,19). The molecule has 0 spiro atoms. The number of ether oxygens (including phenoxy) is 1. The minimum absolute atomic E-state index is 0.0548. The monoisotopic (exact) mass is 280 g/mol. The van der Waals surface area contributed by atoms with Crippen LogP contribution in [-0.4, -0.2) is 56.3 Å². The number of rotatable bonds is 9. The number of benzene rings is 1. The Morgan fingerprint density at radius 3 is 2.50 bits per heavy atom. The molecule has 0 heterocycles. The number of nitrogens with zero attached hydrogens (tertiary/aromatic N) is 1. The molecule has 0 bridgehead atoms. The lowest BCUT2D eigenvalue weighted by Crippen LogP contribution is -2.37. The average molecular weight is 280 g/mol. The van der Waals surface area contributed by atoms with Crippen molar-refractivity contribution in [2.75, 3.05) is 34.3 Å². The van der Waals surface area contributed by atoms with Crippen LogP contribution >= 0.6 is 0 Å². The van der Waals surface area contributed by atoms with Crippen molar-refractivity contribution < 1.29 is 14.6 Å². The van der Waals surface area contributed by atoms with Crippen LogP contribution in [0.5, 0.6) is 5.75 Å². The summed E-state index contributed by atoms with van der Waals surface area (Å²) >= 11 is 0. The van der Waals surface area contributed by atoms with E-state index in [1.807, 2.05) is 38.4 Å². The summed E-state index contributed by atoms with van der Waals surface area (Å²) < 4.78 is 5.11. The molecule has 5 heteroatoms. The van der Waals surface area contributed by atoms with Crippen molar-refractivity contribution in [1.82, 2.24) is 10.2 Å². The summed E-state index contributed by atoms with van der Waals surface area (Å²) in [7, 11) is 5.62. The number of carbonyl (C=O) groups is 1. The van der Waals surface area contributed by atoms with Crippen LogP contribution in [-0.2, 0) is 11.2 Å². The third-order valence-corrected chi connectivity index (χ3v) is 3.05. The minimum Gasteiger partial charge on any atom is -0.497 e. The van der Waals surface area contributed by atoms with Crippen molar-refractivity contribution in [2.24, 2.45) is 0 Å². The van der Waals surface area contributed by atoms with Gasteiger partial charge in [0.2, 0.25) is 0 Å². The Labute approximate surface area is 120 Å². The molecule has 1 unspecified atom stereocenters. The van der Waals surface area contributed by atoms with Crippen molar-refractivity contribution in [3.63, 3.8) is 0 Å². The third-order valence-electron chi connectivity index (χ3n) is 3.05. The van der Waals surface area contributed by atoms with E-state index in [2.05, 4.69) is 10.2 Å². The quantitative estimate of drug-likeness (QED) is 0.712. The van der Waals surface area contributed by atoms with Gasteiger partial charge in [-0.25, -0.2) is 0 Å². The predicted octanol–water partition coefficient (Wildman–Crippen LogP) is 1.23. The van der Waals surface area contributed by atoms with Crippen LogP contribution in [0.25, 0.3) is 0 Å². The molecule has 1 rings (SSSR count). The van der Waals surface area contributed by atoms with Gasteiger partial charge < -0.3 is 20.1 Å². The summed E-state index contributed by atoms with van der Waals surface area (Å²) in [4.78, 5) is 13.0. The van der Waals surface area contributed by atoms with Gasteiger partial charge in [0.25, 0.3) is 0 Å². The molecule has 1 aromatic carbocycles. The van der Waals surface area contributed by atoms with E-state index in [-0.39, 0.29) is 12.5 Å². The molecule has 1 atom stereocenters. The van der Waals surface area contributed by atoms with E-state index in [0.29, 0.717) is 6.42 Å². The highest BCUT2D eigenvalue weighted by molar-refractivity contribution is 5.67. The molecule has 0 saturated carbocycles. The van der Waals surface area contributed by atoms with E-state index in [0.717, 1.165) is 24.4 Å². The zero-order valence-corrected chi connectivity index (χ0v) is 12.4. The molecule has 0 amide bonds. The number of hydrogen-bond acceptors (Lipinski definition) is 4. The van der Waals surface area contributed by atoms with Gasteiger partial charge >= 0.3 is 5.97 Å². The van der Waals surface area contributed by atoms with Gasteiger partial charge in [0, 0.05) is 19.1 Å². The van der Waals surface area contributed by atoms with Crippen molar-refractivity contribution in [1.29, 1.82) is 0 Å². The summed E-state index contributed by atoms with van der Waals surface area (Å²) in [6.07, 6.45) is 0.823. The van der Waals surface area contributed by atoms with E-state index in [9.17, 15) is 4.79 Å². The van der Waals surface area contributed by atoms with Crippen LogP contribution in [0.15, 0.2) is 24.3 Å². The van der Waals surface area contributed by atoms with E-state index >= 15 is 0 Å². The zero-order chi connectivity index (χ0) is 15.0. The maximum atomic E-state index is 10.9. The van der Waals surface area contributed by atoms with Gasteiger partial charge in [0.1, 0.15) is 5.75 Å². The molecule has 0 fully saturated rings. The fourth-order valence-corrected chi connectivity index (χ4v) is 1.97. The smallest absolute Gasteiger partial charge is 0.304 e. The highest BCUT2D eigenvalue weighted by Crippen LogP contribution is 2.13.